The van der Waals surface area contributed by atoms with Crippen molar-refractivity contribution in [3.8, 4) is 5.75 Å². The smallest absolute Gasteiger partial charge is 0.343 e. The van der Waals surface area contributed by atoms with Crippen molar-refractivity contribution >= 4 is 28.6 Å². The Morgan fingerprint density at radius 3 is 2.81 bits per heavy atom. The van der Waals surface area contributed by atoms with Gasteiger partial charge >= 0.3 is 5.97 Å². The molecule has 16 heavy (non-hydrogen) atoms. The number of para-hydroxylation sites is 1. The molecule has 0 amide bonds. The molecule has 0 aliphatic rings. The maximum Gasteiger partial charge on any atom is 0.343 e. The van der Waals surface area contributed by atoms with Gasteiger partial charge < -0.3 is 9.47 Å². The second kappa shape index (κ2) is 7.49. The van der Waals surface area contributed by atoms with Crippen LogP contribution in [0.15, 0.2) is 24.3 Å². The molecule has 1 aromatic carbocycles. The number of ether oxygens (including phenoxy) is 2. The van der Waals surface area contributed by atoms with Crippen LogP contribution < -0.4 is 4.74 Å². The van der Waals surface area contributed by atoms with Crippen molar-refractivity contribution in [3.05, 3.63) is 29.8 Å². The summed E-state index contributed by atoms with van der Waals surface area (Å²) in [4.78, 5) is 11.0. The number of hydrogen-bond acceptors (Lipinski definition) is 3. The summed E-state index contributed by atoms with van der Waals surface area (Å²) >= 11 is 2.35. The van der Waals surface area contributed by atoms with Crippen molar-refractivity contribution in [1.82, 2.24) is 0 Å². The van der Waals surface area contributed by atoms with Gasteiger partial charge in [0, 0.05) is 0 Å². The molecule has 3 nitrogen and oxygen atoms in total. The first-order valence-corrected chi connectivity index (χ1v) is 6.64. The van der Waals surface area contributed by atoms with Crippen LogP contribution in [-0.4, -0.2) is 24.1 Å². The highest BCUT2D eigenvalue weighted by atomic mass is 127. The molecule has 0 N–H and O–H groups in total. The lowest BCUT2D eigenvalue weighted by Gasteiger charge is -2.09. The van der Waals surface area contributed by atoms with E-state index in [4.69, 9.17) is 4.74 Å². The molecule has 0 aliphatic carbocycles. The van der Waals surface area contributed by atoms with Gasteiger partial charge in [0.05, 0.1) is 7.11 Å². The molecule has 0 heterocycles. The van der Waals surface area contributed by atoms with Crippen LogP contribution in [0.5, 0.6) is 5.75 Å². The lowest BCUT2D eigenvalue weighted by Crippen LogP contribution is -2.13. The van der Waals surface area contributed by atoms with Gasteiger partial charge in [0.2, 0.25) is 0 Å². The second-order valence-electron chi connectivity index (χ2n) is 3.27. The van der Waals surface area contributed by atoms with Crippen LogP contribution in [0.4, 0.5) is 0 Å². The molecule has 0 saturated heterocycles. The number of esters is 1. The monoisotopic (exact) mass is 334 g/mol. The molecule has 88 valence electrons. The van der Waals surface area contributed by atoms with E-state index >= 15 is 0 Å². The number of carbonyl (C=O) groups is 1. The Bertz CT molecular complexity index is 339. The highest BCUT2D eigenvalue weighted by Gasteiger charge is 2.05. The molecular weight excluding hydrogens is 319 g/mol. The summed E-state index contributed by atoms with van der Waals surface area (Å²) in [5.74, 6) is 0.418. The Morgan fingerprint density at radius 1 is 1.38 bits per heavy atom. The zero-order valence-electron chi connectivity index (χ0n) is 9.24. The third-order valence-corrected chi connectivity index (χ3v) is 2.89. The molecule has 0 aliphatic heterocycles. The van der Waals surface area contributed by atoms with Gasteiger partial charge in [-0.05, 0) is 28.9 Å². The summed E-state index contributed by atoms with van der Waals surface area (Å²) in [5, 5.41) is 0. The number of methoxy groups -OCH3 is 1. The maximum absolute atomic E-state index is 11.0. The molecule has 0 radical (unpaired) electrons. The summed E-state index contributed by atoms with van der Waals surface area (Å²) in [6, 6.07) is 7.79. The number of carbonyl (C=O) groups excluding carboxylic acids is 1. The molecule has 1 aromatic rings. The number of rotatable bonds is 6. The van der Waals surface area contributed by atoms with Gasteiger partial charge in [-0.2, -0.15) is 0 Å². The van der Waals surface area contributed by atoms with Crippen molar-refractivity contribution in [2.45, 2.75) is 12.8 Å². The zero-order chi connectivity index (χ0) is 11.8. The van der Waals surface area contributed by atoms with E-state index in [1.54, 1.807) is 0 Å². The van der Waals surface area contributed by atoms with Gasteiger partial charge in [-0.1, -0.05) is 40.8 Å². The fourth-order valence-corrected chi connectivity index (χ4v) is 1.69. The highest BCUT2D eigenvalue weighted by Crippen LogP contribution is 2.19. The fraction of sp³-hybridized carbons (Fsp3) is 0.417. The first-order chi connectivity index (χ1) is 7.77. The van der Waals surface area contributed by atoms with Crippen molar-refractivity contribution in [1.29, 1.82) is 0 Å². The molecular formula is C12H15IO3. The lowest BCUT2D eigenvalue weighted by molar-refractivity contribution is -0.142. The van der Waals surface area contributed by atoms with Gasteiger partial charge in [0.1, 0.15) is 5.75 Å². The number of hydrogen-bond donors (Lipinski definition) is 0. The average molecular weight is 334 g/mol. The van der Waals surface area contributed by atoms with Crippen LogP contribution in [0.2, 0.25) is 0 Å². The minimum absolute atomic E-state index is 0.0300. The van der Waals surface area contributed by atoms with Gasteiger partial charge in [0.15, 0.2) is 6.61 Å². The van der Waals surface area contributed by atoms with Crippen LogP contribution >= 0.6 is 22.6 Å². The number of benzene rings is 1. The zero-order valence-corrected chi connectivity index (χ0v) is 11.4. The topological polar surface area (TPSA) is 35.5 Å². The quantitative estimate of drug-likeness (QED) is 0.456. The molecule has 0 aromatic heterocycles. The van der Waals surface area contributed by atoms with E-state index in [1.165, 1.54) is 7.11 Å². The largest absolute Gasteiger partial charge is 0.482 e. The van der Waals surface area contributed by atoms with E-state index in [0.717, 1.165) is 28.6 Å². The van der Waals surface area contributed by atoms with Crippen molar-refractivity contribution in [2.24, 2.45) is 0 Å². The minimum Gasteiger partial charge on any atom is -0.482 e. The van der Waals surface area contributed by atoms with Gasteiger partial charge in [-0.3, -0.25) is 0 Å². The van der Waals surface area contributed by atoms with E-state index in [2.05, 4.69) is 27.3 Å². The predicted octanol–water partition coefficient (Wildman–Crippen LogP) is 2.61. The molecule has 0 spiro atoms. The Hall–Kier alpha value is -0.780. The van der Waals surface area contributed by atoms with E-state index in [1.807, 2.05) is 24.3 Å². The summed E-state index contributed by atoms with van der Waals surface area (Å²) in [6.07, 6.45) is 2.08. The Balaban J connectivity index is 2.59. The summed E-state index contributed by atoms with van der Waals surface area (Å²) in [6.45, 7) is -0.0300. The lowest BCUT2D eigenvalue weighted by atomic mass is 10.1. The van der Waals surface area contributed by atoms with Crippen LogP contribution in [0.25, 0.3) is 0 Å². The van der Waals surface area contributed by atoms with E-state index in [9.17, 15) is 4.79 Å². The average Bonchev–Trinajstić information content (AvgIpc) is 2.34. The van der Waals surface area contributed by atoms with Gasteiger partial charge in [-0.25, -0.2) is 4.79 Å². The van der Waals surface area contributed by atoms with Gasteiger partial charge in [0.25, 0.3) is 0 Å². The number of alkyl halides is 1. The van der Waals surface area contributed by atoms with Crippen LogP contribution in [0.3, 0.4) is 0 Å². The van der Waals surface area contributed by atoms with E-state index in [-0.39, 0.29) is 12.6 Å². The molecule has 0 atom stereocenters. The van der Waals surface area contributed by atoms with Gasteiger partial charge in [-0.15, -0.1) is 0 Å². The molecule has 0 saturated carbocycles. The predicted molar refractivity (Wildman–Crippen MR) is 71.2 cm³/mol. The van der Waals surface area contributed by atoms with Crippen molar-refractivity contribution in [3.63, 3.8) is 0 Å². The Kier molecular flexibility index (Phi) is 6.22. The molecule has 4 heteroatoms. The highest BCUT2D eigenvalue weighted by molar-refractivity contribution is 14.1. The Morgan fingerprint density at radius 2 is 2.12 bits per heavy atom. The van der Waals surface area contributed by atoms with Crippen molar-refractivity contribution in [2.75, 3.05) is 18.1 Å². The third-order valence-electron chi connectivity index (χ3n) is 2.13. The van der Waals surface area contributed by atoms with Crippen LogP contribution in [0.1, 0.15) is 12.0 Å². The number of halogens is 1. The summed E-state index contributed by atoms with van der Waals surface area (Å²) < 4.78 is 11.1. The fourth-order valence-electron chi connectivity index (χ4n) is 1.30. The normalized spacial score (nSPS) is 9.88. The first kappa shape index (κ1) is 13.3. The van der Waals surface area contributed by atoms with E-state index < -0.39 is 0 Å². The number of aryl methyl sites for hydroxylation is 1. The van der Waals surface area contributed by atoms with Crippen LogP contribution in [-0.2, 0) is 16.0 Å². The Labute approximate surface area is 109 Å². The maximum atomic E-state index is 11.0. The molecule has 0 unspecified atom stereocenters. The molecule has 1 rings (SSSR count). The SMILES string of the molecule is COC(=O)COc1ccccc1CCCI. The standard InChI is InChI=1S/C12H15IO3/c1-15-12(14)9-16-11-7-3-2-5-10(11)6-4-8-13/h2-3,5,7H,4,6,8-9H2,1H3. The summed E-state index contributed by atoms with van der Waals surface area (Å²) in [5.41, 5.74) is 1.14. The molecule has 0 bridgehead atoms. The second-order valence-corrected chi connectivity index (χ2v) is 4.34. The first-order valence-electron chi connectivity index (χ1n) is 5.11. The minimum atomic E-state index is -0.358. The third kappa shape index (κ3) is 4.38. The van der Waals surface area contributed by atoms with Crippen molar-refractivity contribution < 1.29 is 14.3 Å². The van der Waals surface area contributed by atoms with Crippen LogP contribution in [0, 0.1) is 0 Å². The molecule has 0 fully saturated rings. The van der Waals surface area contributed by atoms with E-state index in [0.29, 0.717) is 0 Å². The summed E-state index contributed by atoms with van der Waals surface area (Å²) in [7, 11) is 1.35.